The molecule has 0 aliphatic rings. The van der Waals surface area contributed by atoms with Crippen LogP contribution in [0.15, 0.2) is 36.5 Å². The van der Waals surface area contributed by atoms with Crippen molar-refractivity contribution in [2.45, 2.75) is 6.92 Å². The first-order chi connectivity index (χ1) is 8.16. The number of ether oxygens (including phenoxy) is 1. The van der Waals surface area contributed by atoms with E-state index in [1.54, 1.807) is 37.4 Å². The van der Waals surface area contributed by atoms with Crippen LogP contribution in [0.2, 0.25) is 0 Å². The largest absolute Gasteiger partial charge is 0.477 e. The van der Waals surface area contributed by atoms with E-state index in [2.05, 4.69) is 9.97 Å². The fourth-order valence-corrected chi connectivity index (χ4v) is 1.28. The van der Waals surface area contributed by atoms with Gasteiger partial charge in [-0.2, -0.15) is 0 Å². The average Bonchev–Trinajstić information content (AvgIpc) is 2.32. The summed E-state index contributed by atoms with van der Waals surface area (Å²) in [5.41, 5.74) is 0.666. The number of carboxylic acids is 1. The van der Waals surface area contributed by atoms with Gasteiger partial charge in [-0.15, -0.1) is 0 Å². The average molecular weight is 230 g/mol. The third-order valence-corrected chi connectivity index (χ3v) is 2.12. The number of hydrogen-bond donors (Lipinski definition) is 1. The van der Waals surface area contributed by atoms with E-state index in [9.17, 15) is 4.79 Å². The summed E-state index contributed by atoms with van der Waals surface area (Å²) in [6.07, 6.45) is 1.66. The van der Waals surface area contributed by atoms with Crippen molar-refractivity contribution >= 4 is 5.97 Å². The van der Waals surface area contributed by atoms with Gasteiger partial charge in [-0.05, 0) is 25.1 Å². The third-order valence-electron chi connectivity index (χ3n) is 2.12. The molecule has 0 spiro atoms. The SMILES string of the molecule is Cc1ncccc1Oc1cccc(C(=O)O)n1. The minimum atomic E-state index is -1.08. The van der Waals surface area contributed by atoms with Crippen LogP contribution in [0.3, 0.4) is 0 Å². The zero-order chi connectivity index (χ0) is 12.3. The summed E-state index contributed by atoms with van der Waals surface area (Å²) >= 11 is 0. The van der Waals surface area contributed by atoms with E-state index in [4.69, 9.17) is 9.84 Å². The molecular formula is C12H10N2O3. The molecule has 0 bridgehead atoms. The maximum absolute atomic E-state index is 10.7. The number of nitrogens with zero attached hydrogens (tertiary/aromatic N) is 2. The molecule has 0 saturated heterocycles. The molecule has 5 heteroatoms. The first kappa shape index (κ1) is 11.1. The summed E-state index contributed by atoms with van der Waals surface area (Å²) < 4.78 is 5.46. The van der Waals surface area contributed by atoms with E-state index in [0.717, 1.165) is 5.69 Å². The van der Waals surface area contributed by atoms with Gasteiger partial charge in [-0.1, -0.05) is 6.07 Å². The Morgan fingerprint density at radius 3 is 2.82 bits per heavy atom. The van der Waals surface area contributed by atoms with Gasteiger partial charge in [0.2, 0.25) is 5.88 Å². The molecule has 2 aromatic heterocycles. The predicted octanol–water partition coefficient (Wildman–Crippen LogP) is 2.28. The Bertz CT molecular complexity index is 555. The first-order valence-electron chi connectivity index (χ1n) is 4.96. The van der Waals surface area contributed by atoms with Crippen LogP contribution in [-0.2, 0) is 0 Å². The second kappa shape index (κ2) is 4.61. The lowest BCUT2D eigenvalue weighted by Gasteiger charge is -2.06. The van der Waals surface area contributed by atoms with E-state index in [1.165, 1.54) is 6.07 Å². The molecule has 17 heavy (non-hydrogen) atoms. The lowest BCUT2D eigenvalue weighted by atomic mass is 10.3. The van der Waals surface area contributed by atoms with E-state index in [1.807, 2.05) is 0 Å². The second-order valence-electron chi connectivity index (χ2n) is 3.36. The highest BCUT2D eigenvalue weighted by Crippen LogP contribution is 2.21. The van der Waals surface area contributed by atoms with E-state index in [-0.39, 0.29) is 11.6 Å². The number of aryl methyl sites for hydroxylation is 1. The Morgan fingerprint density at radius 1 is 1.29 bits per heavy atom. The minimum Gasteiger partial charge on any atom is -0.477 e. The highest BCUT2D eigenvalue weighted by atomic mass is 16.5. The summed E-state index contributed by atoms with van der Waals surface area (Å²) in [6, 6.07) is 8.07. The number of hydrogen-bond acceptors (Lipinski definition) is 4. The number of carbonyl (C=O) groups is 1. The van der Waals surface area contributed by atoms with E-state index < -0.39 is 5.97 Å². The topological polar surface area (TPSA) is 72.3 Å². The number of rotatable bonds is 3. The molecule has 0 amide bonds. The predicted molar refractivity (Wildman–Crippen MR) is 60.2 cm³/mol. The van der Waals surface area contributed by atoms with Gasteiger partial charge in [0.05, 0.1) is 5.69 Å². The molecule has 5 nitrogen and oxygen atoms in total. The van der Waals surface area contributed by atoms with Crippen LogP contribution in [-0.4, -0.2) is 21.0 Å². The Hall–Kier alpha value is -2.43. The molecule has 0 fully saturated rings. The molecule has 0 aliphatic heterocycles. The van der Waals surface area contributed by atoms with Gasteiger partial charge >= 0.3 is 5.97 Å². The normalized spacial score (nSPS) is 9.94. The Balaban J connectivity index is 2.28. The van der Waals surface area contributed by atoms with Gasteiger partial charge in [0, 0.05) is 12.3 Å². The van der Waals surface area contributed by atoms with Crippen molar-refractivity contribution in [3.05, 3.63) is 47.9 Å². The number of pyridine rings is 2. The maximum atomic E-state index is 10.7. The minimum absolute atomic E-state index is 0.0518. The first-order valence-corrected chi connectivity index (χ1v) is 4.96. The Labute approximate surface area is 97.7 Å². The van der Waals surface area contributed by atoms with Crippen LogP contribution in [0, 0.1) is 6.92 Å². The molecular weight excluding hydrogens is 220 g/mol. The van der Waals surface area contributed by atoms with Crippen LogP contribution in [0.4, 0.5) is 0 Å². The van der Waals surface area contributed by atoms with Gasteiger partial charge in [0.1, 0.15) is 0 Å². The lowest BCUT2D eigenvalue weighted by molar-refractivity contribution is 0.0689. The quantitative estimate of drug-likeness (QED) is 0.875. The molecule has 0 radical (unpaired) electrons. The van der Waals surface area contributed by atoms with Gasteiger partial charge in [0.25, 0.3) is 0 Å². The van der Waals surface area contributed by atoms with Crippen molar-refractivity contribution in [3.8, 4) is 11.6 Å². The van der Waals surface area contributed by atoms with Crippen LogP contribution in [0.5, 0.6) is 11.6 Å². The molecule has 1 N–H and O–H groups in total. The Kier molecular flexibility index (Phi) is 3.00. The molecule has 2 rings (SSSR count). The molecule has 2 heterocycles. The van der Waals surface area contributed by atoms with E-state index in [0.29, 0.717) is 5.75 Å². The molecule has 0 aliphatic carbocycles. The zero-order valence-corrected chi connectivity index (χ0v) is 9.12. The smallest absolute Gasteiger partial charge is 0.354 e. The van der Waals surface area contributed by atoms with Crippen molar-refractivity contribution in [2.75, 3.05) is 0 Å². The summed E-state index contributed by atoms with van der Waals surface area (Å²) in [7, 11) is 0. The highest BCUT2D eigenvalue weighted by Gasteiger charge is 2.07. The highest BCUT2D eigenvalue weighted by molar-refractivity contribution is 5.85. The summed E-state index contributed by atoms with van der Waals surface area (Å²) in [5.74, 6) is -0.290. The lowest BCUT2D eigenvalue weighted by Crippen LogP contribution is -2.01. The summed E-state index contributed by atoms with van der Waals surface area (Å²) in [4.78, 5) is 18.7. The Morgan fingerprint density at radius 2 is 2.12 bits per heavy atom. The fourth-order valence-electron chi connectivity index (χ4n) is 1.28. The number of carboxylic acid groups (broad SMARTS) is 1. The monoisotopic (exact) mass is 230 g/mol. The fraction of sp³-hybridized carbons (Fsp3) is 0.0833. The number of aromatic nitrogens is 2. The summed E-state index contributed by atoms with van der Waals surface area (Å²) in [6.45, 7) is 1.80. The van der Waals surface area contributed by atoms with Crippen molar-refractivity contribution in [1.82, 2.24) is 9.97 Å². The van der Waals surface area contributed by atoms with Crippen LogP contribution >= 0.6 is 0 Å². The van der Waals surface area contributed by atoms with Crippen molar-refractivity contribution in [3.63, 3.8) is 0 Å². The molecule has 86 valence electrons. The van der Waals surface area contributed by atoms with Gasteiger partial charge in [-0.25, -0.2) is 9.78 Å². The van der Waals surface area contributed by atoms with Crippen molar-refractivity contribution < 1.29 is 14.6 Å². The zero-order valence-electron chi connectivity index (χ0n) is 9.12. The van der Waals surface area contributed by atoms with Crippen molar-refractivity contribution in [1.29, 1.82) is 0 Å². The van der Waals surface area contributed by atoms with E-state index >= 15 is 0 Å². The molecule has 0 aromatic carbocycles. The summed E-state index contributed by atoms with van der Waals surface area (Å²) in [5, 5.41) is 8.80. The number of aromatic carboxylic acids is 1. The maximum Gasteiger partial charge on any atom is 0.354 e. The molecule has 0 saturated carbocycles. The molecule has 2 aromatic rings. The van der Waals surface area contributed by atoms with Crippen LogP contribution in [0.25, 0.3) is 0 Å². The van der Waals surface area contributed by atoms with Crippen LogP contribution in [0.1, 0.15) is 16.2 Å². The van der Waals surface area contributed by atoms with Gasteiger partial charge in [0.15, 0.2) is 11.4 Å². The van der Waals surface area contributed by atoms with Crippen LogP contribution < -0.4 is 4.74 Å². The molecule has 0 unspecified atom stereocenters. The molecule has 0 atom stereocenters. The van der Waals surface area contributed by atoms with Gasteiger partial charge in [-0.3, -0.25) is 4.98 Å². The second-order valence-corrected chi connectivity index (χ2v) is 3.36. The third kappa shape index (κ3) is 2.57. The van der Waals surface area contributed by atoms with Crippen molar-refractivity contribution in [2.24, 2.45) is 0 Å². The standard InChI is InChI=1S/C12H10N2O3/c1-8-10(5-3-7-13-8)17-11-6-2-4-9(14-11)12(15)16/h2-7H,1H3,(H,15,16). The van der Waals surface area contributed by atoms with Gasteiger partial charge < -0.3 is 9.84 Å².